The van der Waals surface area contributed by atoms with Gasteiger partial charge in [-0.25, -0.2) is 4.39 Å². The number of rotatable bonds is 11. The highest BCUT2D eigenvalue weighted by atomic mass is 19.1. The zero-order chi connectivity index (χ0) is 23.6. The van der Waals surface area contributed by atoms with Gasteiger partial charge in [-0.15, -0.1) is 0 Å². The van der Waals surface area contributed by atoms with E-state index in [-0.39, 0.29) is 30.0 Å². The van der Waals surface area contributed by atoms with E-state index in [0.717, 1.165) is 5.56 Å². The van der Waals surface area contributed by atoms with E-state index in [1.165, 1.54) is 12.1 Å². The Bertz CT molecular complexity index is 964. The normalized spacial score (nSPS) is 15.5. The van der Waals surface area contributed by atoms with Crippen LogP contribution in [0.5, 0.6) is 0 Å². The molecule has 0 bridgehead atoms. The molecule has 176 valence electrons. The van der Waals surface area contributed by atoms with Crippen molar-refractivity contribution >= 4 is 23.4 Å². The van der Waals surface area contributed by atoms with Crippen molar-refractivity contribution in [2.75, 3.05) is 38.2 Å². The number of hydrogen-bond acceptors (Lipinski definition) is 4. The van der Waals surface area contributed by atoms with E-state index >= 15 is 0 Å². The van der Waals surface area contributed by atoms with Gasteiger partial charge in [0.2, 0.25) is 11.8 Å². The van der Waals surface area contributed by atoms with Gasteiger partial charge in [-0.2, -0.15) is 0 Å². The Morgan fingerprint density at radius 2 is 1.91 bits per heavy atom. The molecule has 7 nitrogen and oxygen atoms in total. The summed E-state index contributed by atoms with van der Waals surface area (Å²) in [6.45, 7) is 4.38. The molecule has 8 heteroatoms. The van der Waals surface area contributed by atoms with Crippen molar-refractivity contribution in [1.29, 1.82) is 0 Å². The summed E-state index contributed by atoms with van der Waals surface area (Å²) >= 11 is 0. The largest absolute Gasteiger partial charge is 0.382 e. The molecule has 0 aromatic heterocycles. The Balaban J connectivity index is 1.53. The highest BCUT2D eigenvalue weighted by Gasteiger charge is 2.34. The van der Waals surface area contributed by atoms with Crippen molar-refractivity contribution in [3.05, 3.63) is 65.5 Å². The van der Waals surface area contributed by atoms with Crippen LogP contribution in [0.15, 0.2) is 48.5 Å². The van der Waals surface area contributed by atoms with E-state index in [1.54, 1.807) is 41.3 Å². The smallest absolute Gasteiger partial charge is 0.253 e. The highest BCUT2D eigenvalue weighted by Crippen LogP contribution is 2.22. The second kappa shape index (κ2) is 12.1. The molecule has 33 heavy (non-hydrogen) atoms. The zero-order valence-corrected chi connectivity index (χ0v) is 18.8. The number of nitrogens with zero attached hydrogens (tertiary/aromatic N) is 1. The Labute approximate surface area is 193 Å². The summed E-state index contributed by atoms with van der Waals surface area (Å²) in [5.74, 6) is -1.44. The molecule has 0 spiro atoms. The van der Waals surface area contributed by atoms with Crippen molar-refractivity contribution in [2.24, 2.45) is 5.92 Å². The van der Waals surface area contributed by atoms with Gasteiger partial charge in [0, 0.05) is 39.3 Å². The average Bonchev–Trinajstić information content (AvgIpc) is 3.19. The summed E-state index contributed by atoms with van der Waals surface area (Å²) in [6, 6.07) is 13.0. The topological polar surface area (TPSA) is 87.7 Å². The zero-order valence-electron chi connectivity index (χ0n) is 18.8. The average molecular weight is 456 g/mol. The van der Waals surface area contributed by atoms with Crippen LogP contribution in [0.3, 0.4) is 0 Å². The van der Waals surface area contributed by atoms with Gasteiger partial charge in [0.25, 0.3) is 5.91 Å². The molecule has 1 saturated heterocycles. The summed E-state index contributed by atoms with van der Waals surface area (Å²) < 4.78 is 18.3. The lowest BCUT2D eigenvalue weighted by molar-refractivity contribution is -0.128. The van der Waals surface area contributed by atoms with Gasteiger partial charge >= 0.3 is 0 Å². The minimum absolute atomic E-state index is 0.0856. The highest BCUT2D eigenvalue weighted by molar-refractivity contribution is 6.05. The molecule has 1 heterocycles. The maximum absolute atomic E-state index is 13.1. The molecule has 2 aromatic carbocycles. The standard InChI is InChI=1S/C25H30FN3O4/c1-2-33-15-5-13-27-25(32)21-6-3-4-7-22(21)28-24(31)19-16-23(30)29(17-19)14-12-18-8-10-20(26)11-9-18/h3-4,6-11,19H,2,5,12-17H2,1H3,(H,27,32)(H,28,31). The number of nitrogens with one attached hydrogen (secondary N) is 2. The Hall–Kier alpha value is -3.26. The van der Waals surface area contributed by atoms with E-state index in [9.17, 15) is 18.8 Å². The van der Waals surface area contributed by atoms with Crippen molar-refractivity contribution in [3.8, 4) is 0 Å². The fourth-order valence-corrected chi connectivity index (χ4v) is 3.72. The quantitative estimate of drug-likeness (QED) is 0.510. The third-order valence-corrected chi connectivity index (χ3v) is 5.55. The summed E-state index contributed by atoms with van der Waals surface area (Å²) in [5.41, 5.74) is 1.72. The Morgan fingerprint density at radius 3 is 2.67 bits per heavy atom. The number of halogens is 1. The molecule has 0 radical (unpaired) electrons. The van der Waals surface area contributed by atoms with Crippen molar-refractivity contribution in [1.82, 2.24) is 10.2 Å². The van der Waals surface area contributed by atoms with E-state index in [4.69, 9.17) is 4.74 Å². The third kappa shape index (κ3) is 7.12. The van der Waals surface area contributed by atoms with Crippen LogP contribution in [0.1, 0.15) is 35.7 Å². The first kappa shape index (κ1) is 24.4. The van der Waals surface area contributed by atoms with Crippen LogP contribution in [0.4, 0.5) is 10.1 Å². The summed E-state index contributed by atoms with van der Waals surface area (Å²) in [4.78, 5) is 39.5. The Morgan fingerprint density at radius 1 is 1.15 bits per heavy atom. The molecule has 2 N–H and O–H groups in total. The van der Waals surface area contributed by atoms with Crippen molar-refractivity contribution in [3.63, 3.8) is 0 Å². The minimum atomic E-state index is -0.493. The maximum atomic E-state index is 13.1. The number of anilines is 1. The molecular formula is C25H30FN3O4. The molecule has 1 fully saturated rings. The summed E-state index contributed by atoms with van der Waals surface area (Å²) in [7, 11) is 0. The monoisotopic (exact) mass is 455 g/mol. The number of amides is 3. The van der Waals surface area contributed by atoms with Crippen LogP contribution < -0.4 is 10.6 Å². The van der Waals surface area contributed by atoms with E-state index in [2.05, 4.69) is 10.6 Å². The van der Waals surface area contributed by atoms with Gasteiger partial charge in [-0.3, -0.25) is 14.4 Å². The Kier molecular flexibility index (Phi) is 8.95. The van der Waals surface area contributed by atoms with Crippen molar-refractivity contribution < 1.29 is 23.5 Å². The van der Waals surface area contributed by atoms with Crippen LogP contribution in [-0.2, 0) is 20.7 Å². The molecule has 3 amide bonds. The molecular weight excluding hydrogens is 425 g/mol. The number of ether oxygens (including phenoxy) is 1. The minimum Gasteiger partial charge on any atom is -0.382 e. The van der Waals surface area contributed by atoms with Crippen LogP contribution in [-0.4, -0.2) is 55.5 Å². The SMILES string of the molecule is CCOCCCNC(=O)c1ccccc1NC(=O)C1CC(=O)N(CCc2ccc(F)cc2)C1. The lowest BCUT2D eigenvalue weighted by Gasteiger charge is -2.17. The molecule has 0 saturated carbocycles. The number of carbonyl (C=O) groups excluding carboxylic acids is 3. The maximum Gasteiger partial charge on any atom is 0.253 e. The lowest BCUT2D eigenvalue weighted by Crippen LogP contribution is -2.31. The van der Waals surface area contributed by atoms with E-state index < -0.39 is 5.92 Å². The predicted molar refractivity (Wildman–Crippen MR) is 123 cm³/mol. The molecule has 1 atom stereocenters. The predicted octanol–water partition coefficient (Wildman–Crippen LogP) is 3.01. The fraction of sp³-hybridized carbons (Fsp3) is 0.400. The molecule has 0 aliphatic carbocycles. The number of para-hydroxylation sites is 1. The molecule has 3 rings (SSSR count). The summed E-state index contributed by atoms with van der Waals surface area (Å²) in [5, 5.41) is 5.66. The molecule has 1 unspecified atom stereocenters. The van der Waals surface area contributed by atoms with Gasteiger partial charge in [0.15, 0.2) is 0 Å². The van der Waals surface area contributed by atoms with Gasteiger partial charge < -0.3 is 20.3 Å². The van der Waals surface area contributed by atoms with E-state index in [0.29, 0.717) is 56.9 Å². The van der Waals surface area contributed by atoms with Crippen LogP contribution in [0, 0.1) is 11.7 Å². The number of carbonyl (C=O) groups is 3. The first-order chi connectivity index (χ1) is 16.0. The molecule has 1 aliphatic heterocycles. The van der Waals surface area contributed by atoms with Crippen LogP contribution in [0.2, 0.25) is 0 Å². The molecule has 1 aliphatic rings. The van der Waals surface area contributed by atoms with Gasteiger partial charge in [0.1, 0.15) is 5.82 Å². The van der Waals surface area contributed by atoms with Gasteiger partial charge in [0.05, 0.1) is 17.2 Å². The second-order valence-electron chi connectivity index (χ2n) is 7.96. The van der Waals surface area contributed by atoms with E-state index in [1.807, 2.05) is 6.92 Å². The first-order valence-electron chi connectivity index (χ1n) is 11.3. The van der Waals surface area contributed by atoms with Crippen LogP contribution >= 0.6 is 0 Å². The molecule has 2 aromatic rings. The number of benzene rings is 2. The fourth-order valence-electron chi connectivity index (χ4n) is 3.72. The second-order valence-corrected chi connectivity index (χ2v) is 7.96. The number of hydrogen-bond donors (Lipinski definition) is 2. The van der Waals surface area contributed by atoms with Crippen LogP contribution in [0.25, 0.3) is 0 Å². The van der Waals surface area contributed by atoms with Gasteiger partial charge in [-0.1, -0.05) is 24.3 Å². The van der Waals surface area contributed by atoms with Crippen molar-refractivity contribution in [2.45, 2.75) is 26.2 Å². The number of likely N-dealkylation sites (tertiary alicyclic amines) is 1. The third-order valence-electron chi connectivity index (χ3n) is 5.55. The first-order valence-corrected chi connectivity index (χ1v) is 11.3. The lowest BCUT2D eigenvalue weighted by atomic mass is 10.1. The van der Waals surface area contributed by atoms with Gasteiger partial charge in [-0.05, 0) is 49.6 Å². The summed E-state index contributed by atoms with van der Waals surface area (Å²) in [6.07, 6.45) is 1.42.